The Hall–Kier alpha value is -3.02. The maximum absolute atomic E-state index is 12.6. The number of oxime groups is 1. The second-order valence-corrected chi connectivity index (χ2v) is 6.94. The lowest BCUT2D eigenvalue weighted by atomic mass is 9.95. The second kappa shape index (κ2) is 8.78. The minimum atomic E-state index is -0.986. The Bertz CT molecular complexity index is 848. The topological polar surface area (TPSA) is 69.2 Å². The standard InChI is InChI=1S/C22H26N2O4/c1-22(15-19(24-28-22)16-10-12-18(26-2)13-11-16)21(25)23-14-6-8-17-7-4-5-9-20(17)27-3/h4-5,7,9-13H,6,8,14-15H2,1-3H3,(H,23,25). The summed E-state index contributed by atoms with van der Waals surface area (Å²) in [5.74, 6) is 1.50. The first-order valence-corrected chi connectivity index (χ1v) is 9.35. The minimum absolute atomic E-state index is 0.153. The van der Waals surface area contributed by atoms with Crippen LogP contribution in [0.3, 0.4) is 0 Å². The molecule has 0 saturated carbocycles. The zero-order valence-electron chi connectivity index (χ0n) is 16.5. The number of hydrogen-bond donors (Lipinski definition) is 1. The van der Waals surface area contributed by atoms with E-state index >= 15 is 0 Å². The van der Waals surface area contributed by atoms with E-state index in [-0.39, 0.29) is 5.91 Å². The summed E-state index contributed by atoms with van der Waals surface area (Å²) in [6.07, 6.45) is 2.07. The van der Waals surface area contributed by atoms with Crippen molar-refractivity contribution >= 4 is 11.6 Å². The van der Waals surface area contributed by atoms with Gasteiger partial charge in [0.1, 0.15) is 11.5 Å². The average Bonchev–Trinajstić information content (AvgIpc) is 3.15. The Morgan fingerprint density at radius 1 is 1.14 bits per heavy atom. The van der Waals surface area contributed by atoms with Gasteiger partial charge in [0.15, 0.2) is 0 Å². The molecule has 1 atom stereocenters. The molecule has 3 rings (SSSR count). The van der Waals surface area contributed by atoms with E-state index in [0.29, 0.717) is 13.0 Å². The largest absolute Gasteiger partial charge is 0.497 e. The van der Waals surface area contributed by atoms with Crippen LogP contribution >= 0.6 is 0 Å². The molecule has 6 heteroatoms. The highest BCUT2D eigenvalue weighted by Gasteiger charge is 2.42. The fourth-order valence-electron chi connectivity index (χ4n) is 3.18. The van der Waals surface area contributed by atoms with Gasteiger partial charge >= 0.3 is 0 Å². The van der Waals surface area contributed by atoms with E-state index in [9.17, 15) is 4.79 Å². The maximum atomic E-state index is 12.6. The highest BCUT2D eigenvalue weighted by atomic mass is 16.7. The molecule has 0 radical (unpaired) electrons. The van der Waals surface area contributed by atoms with Gasteiger partial charge in [-0.1, -0.05) is 23.4 Å². The Balaban J connectivity index is 1.49. The first kappa shape index (κ1) is 19.7. The van der Waals surface area contributed by atoms with Gasteiger partial charge in [0.2, 0.25) is 5.60 Å². The summed E-state index contributed by atoms with van der Waals surface area (Å²) in [5, 5.41) is 7.10. The third-order valence-electron chi connectivity index (χ3n) is 4.87. The van der Waals surface area contributed by atoms with Gasteiger partial charge in [-0.25, -0.2) is 0 Å². The summed E-state index contributed by atoms with van der Waals surface area (Å²) in [5.41, 5.74) is 1.83. The van der Waals surface area contributed by atoms with E-state index in [2.05, 4.69) is 10.5 Å². The van der Waals surface area contributed by atoms with Crippen LogP contribution in [0.15, 0.2) is 53.7 Å². The van der Waals surface area contributed by atoms with Crippen LogP contribution in [0, 0.1) is 0 Å². The van der Waals surface area contributed by atoms with Gasteiger partial charge < -0.3 is 19.6 Å². The normalized spacial score (nSPS) is 18.2. The summed E-state index contributed by atoms with van der Waals surface area (Å²) < 4.78 is 10.5. The van der Waals surface area contributed by atoms with Gasteiger partial charge in [0.05, 0.1) is 19.9 Å². The van der Waals surface area contributed by atoms with Crippen molar-refractivity contribution in [1.29, 1.82) is 0 Å². The minimum Gasteiger partial charge on any atom is -0.497 e. The molecule has 148 valence electrons. The third kappa shape index (κ3) is 4.44. The molecule has 1 aliphatic rings. The average molecular weight is 382 g/mol. The van der Waals surface area contributed by atoms with Crippen molar-refractivity contribution < 1.29 is 19.1 Å². The van der Waals surface area contributed by atoms with Crippen LogP contribution in [-0.2, 0) is 16.1 Å². The van der Waals surface area contributed by atoms with Crippen molar-refractivity contribution in [2.75, 3.05) is 20.8 Å². The van der Waals surface area contributed by atoms with Crippen LogP contribution in [0.2, 0.25) is 0 Å². The second-order valence-electron chi connectivity index (χ2n) is 6.94. The quantitative estimate of drug-likeness (QED) is 0.711. The van der Waals surface area contributed by atoms with Crippen molar-refractivity contribution in [2.45, 2.75) is 31.8 Å². The van der Waals surface area contributed by atoms with Crippen molar-refractivity contribution in [3.05, 3.63) is 59.7 Å². The molecule has 0 bridgehead atoms. The lowest BCUT2D eigenvalue weighted by Gasteiger charge is -2.20. The molecule has 0 saturated heterocycles. The van der Waals surface area contributed by atoms with Gasteiger partial charge in [-0.05, 0) is 61.2 Å². The summed E-state index contributed by atoms with van der Waals surface area (Å²) in [6, 6.07) is 15.5. The van der Waals surface area contributed by atoms with Crippen LogP contribution < -0.4 is 14.8 Å². The van der Waals surface area contributed by atoms with E-state index in [1.807, 2.05) is 48.5 Å². The fraction of sp³-hybridized carbons (Fsp3) is 0.364. The summed E-state index contributed by atoms with van der Waals surface area (Å²) in [6.45, 7) is 2.33. The number of nitrogens with zero attached hydrogens (tertiary/aromatic N) is 1. The lowest BCUT2D eigenvalue weighted by molar-refractivity contribution is -0.141. The molecule has 0 fully saturated rings. The van der Waals surface area contributed by atoms with Crippen molar-refractivity contribution in [2.24, 2.45) is 5.16 Å². The van der Waals surface area contributed by atoms with Gasteiger partial charge in [-0.2, -0.15) is 0 Å². The molecule has 2 aromatic carbocycles. The predicted octanol–water partition coefficient (Wildman–Crippen LogP) is 3.34. The van der Waals surface area contributed by atoms with Crippen LogP contribution in [0.4, 0.5) is 0 Å². The van der Waals surface area contributed by atoms with E-state index in [0.717, 1.165) is 41.2 Å². The SMILES string of the molecule is COc1ccc(C2=NOC(C)(C(=O)NCCCc3ccccc3OC)C2)cc1. The predicted molar refractivity (Wildman–Crippen MR) is 108 cm³/mol. The zero-order chi connectivity index (χ0) is 20.0. The Kier molecular flexibility index (Phi) is 6.19. The molecule has 28 heavy (non-hydrogen) atoms. The Morgan fingerprint density at radius 2 is 1.89 bits per heavy atom. The summed E-state index contributed by atoms with van der Waals surface area (Å²) in [4.78, 5) is 18.1. The van der Waals surface area contributed by atoms with E-state index in [1.165, 1.54) is 0 Å². The summed E-state index contributed by atoms with van der Waals surface area (Å²) in [7, 11) is 3.29. The monoisotopic (exact) mass is 382 g/mol. The first-order chi connectivity index (χ1) is 13.6. The number of carbonyl (C=O) groups is 1. The van der Waals surface area contributed by atoms with E-state index in [1.54, 1.807) is 21.1 Å². The van der Waals surface area contributed by atoms with Gasteiger partial charge in [0, 0.05) is 13.0 Å². The first-order valence-electron chi connectivity index (χ1n) is 9.35. The van der Waals surface area contributed by atoms with Crippen molar-refractivity contribution in [1.82, 2.24) is 5.32 Å². The highest BCUT2D eigenvalue weighted by molar-refractivity contribution is 6.05. The third-order valence-corrected chi connectivity index (χ3v) is 4.87. The zero-order valence-corrected chi connectivity index (χ0v) is 16.5. The molecule has 1 aliphatic heterocycles. The number of amides is 1. The number of methoxy groups -OCH3 is 2. The number of rotatable bonds is 8. The van der Waals surface area contributed by atoms with E-state index in [4.69, 9.17) is 14.3 Å². The van der Waals surface area contributed by atoms with Gasteiger partial charge in [-0.3, -0.25) is 4.79 Å². The molecular weight excluding hydrogens is 356 g/mol. The number of para-hydroxylation sites is 1. The Morgan fingerprint density at radius 3 is 2.61 bits per heavy atom. The van der Waals surface area contributed by atoms with E-state index < -0.39 is 5.60 Å². The van der Waals surface area contributed by atoms with Crippen LogP contribution in [0.5, 0.6) is 11.5 Å². The molecule has 1 N–H and O–H groups in total. The fourth-order valence-corrected chi connectivity index (χ4v) is 3.18. The molecule has 1 amide bonds. The number of nitrogens with one attached hydrogen (secondary N) is 1. The number of hydrogen-bond acceptors (Lipinski definition) is 5. The van der Waals surface area contributed by atoms with Crippen molar-refractivity contribution in [3.8, 4) is 11.5 Å². The smallest absolute Gasteiger partial charge is 0.267 e. The lowest BCUT2D eigenvalue weighted by Crippen LogP contribution is -2.45. The van der Waals surface area contributed by atoms with Crippen molar-refractivity contribution in [3.63, 3.8) is 0 Å². The summed E-state index contributed by atoms with van der Waals surface area (Å²) >= 11 is 0. The Labute approximate surface area is 165 Å². The van der Waals surface area contributed by atoms with Crippen LogP contribution in [-0.4, -0.2) is 38.0 Å². The van der Waals surface area contributed by atoms with Crippen LogP contribution in [0.1, 0.15) is 30.9 Å². The number of ether oxygens (including phenoxy) is 2. The highest BCUT2D eigenvalue weighted by Crippen LogP contribution is 2.27. The molecule has 1 heterocycles. The number of aryl methyl sites for hydroxylation is 1. The molecule has 0 aliphatic carbocycles. The molecule has 6 nitrogen and oxygen atoms in total. The molecule has 0 aromatic heterocycles. The molecule has 1 unspecified atom stereocenters. The molecule has 0 spiro atoms. The molecular formula is C22H26N2O4. The molecule has 2 aromatic rings. The van der Waals surface area contributed by atoms with Gasteiger partial charge in [-0.15, -0.1) is 0 Å². The maximum Gasteiger partial charge on any atom is 0.267 e. The number of carbonyl (C=O) groups excluding carboxylic acids is 1. The van der Waals surface area contributed by atoms with Gasteiger partial charge in [0.25, 0.3) is 5.91 Å². The van der Waals surface area contributed by atoms with Crippen LogP contribution in [0.25, 0.3) is 0 Å². The number of benzene rings is 2.